The lowest BCUT2D eigenvalue weighted by molar-refractivity contribution is 0.707. The minimum absolute atomic E-state index is 0.171. The Morgan fingerprint density at radius 2 is 1.83 bits per heavy atom. The van der Waals surface area contributed by atoms with Gasteiger partial charge in [0, 0.05) is 16.7 Å². The number of hydrogen-bond acceptors (Lipinski definition) is 3. The van der Waals surface area contributed by atoms with Crippen molar-refractivity contribution in [3.05, 3.63) is 53.9 Å². The van der Waals surface area contributed by atoms with Crippen LogP contribution in [-0.4, -0.2) is 10.7 Å². The summed E-state index contributed by atoms with van der Waals surface area (Å²) in [5.41, 5.74) is 3.96. The van der Waals surface area contributed by atoms with Crippen LogP contribution in [-0.2, 0) is 5.41 Å². The second-order valence-corrected chi connectivity index (χ2v) is 5.46. The largest absolute Gasteiger partial charge is 0.258 e. The highest BCUT2D eigenvalue weighted by molar-refractivity contribution is 7.80. The number of thiol groups is 1. The molecule has 2 heterocycles. The Labute approximate surface area is 112 Å². The first kappa shape index (κ1) is 11.5. The summed E-state index contributed by atoms with van der Waals surface area (Å²) in [4.78, 5) is 10.2. The second kappa shape index (κ2) is 3.95. The van der Waals surface area contributed by atoms with Gasteiger partial charge in [0.1, 0.15) is 0 Å². The molecule has 3 rings (SSSR count). The van der Waals surface area contributed by atoms with Crippen LogP contribution in [0.5, 0.6) is 0 Å². The normalized spacial score (nSPS) is 16.3. The summed E-state index contributed by atoms with van der Waals surface area (Å²) in [5, 5.41) is 0. The van der Waals surface area contributed by atoms with E-state index in [1.54, 1.807) is 0 Å². The van der Waals surface area contributed by atoms with Gasteiger partial charge >= 0.3 is 0 Å². The van der Waals surface area contributed by atoms with Crippen molar-refractivity contribution in [1.82, 2.24) is 4.98 Å². The number of hydrogen-bond donors (Lipinski definition) is 1. The zero-order valence-electron chi connectivity index (χ0n) is 10.4. The first-order valence-corrected chi connectivity index (χ1v) is 6.38. The minimum atomic E-state index is -0.171. The van der Waals surface area contributed by atoms with Crippen molar-refractivity contribution < 1.29 is 0 Å². The van der Waals surface area contributed by atoms with Crippen molar-refractivity contribution in [2.24, 2.45) is 4.99 Å². The molecule has 1 aromatic heterocycles. The summed E-state index contributed by atoms with van der Waals surface area (Å²) in [5.74, 6) is 0. The molecule has 0 N–H and O–H groups in total. The van der Waals surface area contributed by atoms with Gasteiger partial charge in [-0.25, -0.2) is 4.99 Å². The molecule has 18 heavy (non-hydrogen) atoms. The maximum Gasteiger partial charge on any atom is 0.0858 e. The molecule has 0 aliphatic carbocycles. The topological polar surface area (TPSA) is 25.2 Å². The Hall–Kier alpha value is -1.61. The van der Waals surface area contributed by atoms with Gasteiger partial charge < -0.3 is 0 Å². The van der Waals surface area contributed by atoms with Crippen LogP contribution in [0.25, 0.3) is 0 Å². The maximum atomic E-state index is 4.74. The van der Waals surface area contributed by atoms with Crippen LogP contribution < -0.4 is 0 Å². The fourth-order valence-electron chi connectivity index (χ4n) is 2.41. The van der Waals surface area contributed by atoms with Crippen LogP contribution in [0.15, 0.2) is 52.5 Å². The molecule has 1 aromatic carbocycles. The molecule has 90 valence electrons. The number of fused-ring (bicyclic) bond motifs is 1. The molecular formula is C15H14N2S. The molecule has 3 heteroatoms. The van der Waals surface area contributed by atoms with E-state index in [1.807, 2.05) is 36.5 Å². The molecule has 2 aromatic rings. The fourth-order valence-corrected chi connectivity index (χ4v) is 2.68. The minimum Gasteiger partial charge on any atom is -0.258 e. The molecule has 0 saturated carbocycles. The Balaban J connectivity index is 2.20. The van der Waals surface area contributed by atoms with Crippen LogP contribution in [0.4, 0.5) is 5.69 Å². The Bertz CT molecular complexity index is 644. The van der Waals surface area contributed by atoms with E-state index < -0.39 is 0 Å². The summed E-state index contributed by atoms with van der Waals surface area (Å²) in [7, 11) is 0. The molecule has 0 atom stereocenters. The van der Waals surface area contributed by atoms with Crippen LogP contribution >= 0.6 is 12.6 Å². The van der Waals surface area contributed by atoms with Crippen molar-refractivity contribution in [2.45, 2.75) is 24.2 Å². The van der Waals surface area contributed by atoms with Crippen molar-refractivity contribution in [3.63, 3.8) is 0 Å². The zero-order valence-corrected chi connectivity index (χ0v) is 11.3. The lowest BCUT2D eigenvalue weighted by atomic mass is 9.82. The molecule has 0 bridgehead atoms. The Kier molecular flexibility index (Phi) is 2.52. The lowest BCUT2D eigenvalue weighted by Gasteiger charge is -2.22. The number of nitrogens with zero attached hydrogens (tertiary/aromatic N) is 2. The van der Waals surface area contributed by atoms with E-state index in [1.165, 1.54) is 0 Å². The highest BCUT2D eigenvalue weighted by Crippen LogP contribution is 2.41. The average Bonchev–Trinajstić information content (AvgIpc) is 2.63. The Morgan fingerprint density at radius 3 is 2.56 bits per heavy atom. The third-order valence-electron chi connectivity index (χ3n) is 3.36. The van der Waals surface area contributed by atoms with Crippen molar-refractivity contribution in [1.29, 1.82) is 0 Å². The predicted octanol–water partition coefficient (Wildman–Crippen LogP) is 3.78. The van der Waals surface area contributed by atoms with Crippen molar-refractivity contribution in [2.75, 3.05) is 0 Å². The molecule has 0 spiro atoms. The number of benzene rings is 1. The standard InChI is InChI=1S/C15H14N2S/c1-15(2)13(10-6-3-4-8-12(10)18)17-11-7-5-9-16-14(11)15/h3-9,18H,1-2H3. The number of pyridine rings is 1. The van der Waals surface area contributed by atoms with Gasteiger partial charge in [0.25, 0.3) is 0 Å². The van der Waals surface area contributed by atoms with Gasteiger partial charge in [-0.1, -0.05) is 18.2 Å². The molecule has 0 radical (unpaired) electrons. The van der Waals surface area contributed by atoms with Gasteiger partial charge in [-0.2, -0.15) is 0 Å². The van der Waals surface area contributed by atoms with Crippen LogP contribution in [0.3, 0.4) is 0 Å². The first-order chi connectivity index (χ1) is 8.60. The van der Waals surface area contributed by atoms with Gasteiger partial charge in [-0.3, -0.25) is 4.98 Å². The quantitative estimate of drug-likeness (QED) is 0.770. The van der Waals surface area contributed by atoms with Crippen molar-refractivity contribution >= 4 is 24.0 Å². The SMILES string of the molecule is CC1(C)C(c2ccccc2S)=Nc2cccnc21. The van der Waals surface area contributed by atoms with E-state index >= 15 is 0 Å². The fraction of sp³-hybridized carbons (Fsp3) is 0.200. The number of aromatic nitrogens is 1. The third kappa shape index (κ3) is 1.58. The van der Waals surface area contributed by atoms with Gasteiger partial charge in [-0.05, 0) is 32.0 Å². The molecular weight excluding hydrogens is 240 g/mol. The van der Waals surface area contributed by atoms with Gasteiger partial charge in [0.05, 0.1) is 22.5 Å². The van der Waals surface area contributed by atoms with Gasteiger partial charge in [0.15, 0.2) is 0 Å². The molecule has 0 fully saturated rings. The second-order valence-electron chi connectivity index (χ2n) is 4.97. The van der Waals surface area contributed by atoms with Crippen LogP contribution in [0, 0.1) is 0 Å². The van der Waals surface area contributed by atoms with E-state index in [2.05, 4.69) is 37.5 Å². The van der Waals surface area contributed by atoms with Crippen molar-refractivity contribution in [3.8, 4) is 0 Å². The summed E-state index contributed by atoms with van der Waals surface area (Å²) in [6, 6.07) is 12.0. The lowest BCUT2D eigenvalue weighted by Crippen LogP contribution is -2.27. The third-order valence-corrected chi connectivity index (χ3v) is 3.75. The van der Waals surface area contributed by atoms with E-state index in [4.69, 9.17) is 4.99 Å². The van der Waals surface area contributed by atoms with Gasteiger partial charge in [0.2, 0.25) is 0 Å². The predicted molar refractivity (Wildman–Crippen MR) is 77.2 cm³/mol. The molecule has 0 unspecified atom stereocenters. The monoisotopic (exact) mass is 254 g/mol. The summed E-state index contributed by atoms with van der Waals surface area (Å²) in [6.45, 7) is 4.32. The summed E-state index contributed by atoms with van der Waals surface area (Å²) < 4.78 is 0. The van der Waals surface area contributed by atoms with E-state index in [-0.39, 0.29) is 5.41 Å². The summed E-state index contributed by atoms with van der Waals surface area (Å²) >= 11 is 4.53. The molecule has 0 amide bonds. The first-order valence-electron chi connectivity index (χ1n) is 5.94. The highest BCUT2D eigenvalue weighted by atomic mass is 32.1. The van der Waals surface area contributed by atoms with Crippen LogP contribution in [0.2, 0.25) is 0 Å². The highest BCUT2D eigenvalue weighted by Gasteiger charge is 2.37. The number of aliphatic imine (C=N–C) groups is 1. The molecule has 1 aliphatic rings. The summed E-state index contributed by atoms with van der Waals surface area (Å²) in [6.07, 6.45) is 1.83. The maximum absolute atomic E-state index is 4.74. The molecule has 1 aliphatic heterocycles. The molecule has 0 saturated heterocycles. The smallest absolute Gasteiger partial charge is 0.0858 e. The molecule has 2 nitrogen and oxygen atoms in total. The van der Waals surface area contributed by atoms with Gasteiger partial charge in [-0.15, -0.1) is 12.6 Å². The average molecular weight is 254 g/mol. The van der Waals surface area contributed by atoms with E-state index in [9.17, 15) is 0 Å². The zero-order chi connectivity index (χ0) is 12.8. The number of rotatable bonds is 1. The van der Waals surface area contributed by atoms with E-state index in [0.29, 0.717) is 0 Å². The Morgan fingerprint density at radius 1 is 1.06 bits per heavy atom. The van der Waals surface area contributed by atoms with E-state index in [0.717, 1.165) is 27.6 Å². The van der Waals surface area contributed by atoms with Crippen LogP contribution in [0.1, 0.15) is 25.1 Å².